The number of ether oxygens (including phenoxy) is 1. The fourth-order valence-electron chi connectivity index (χ4n) is 2.25. The first-order valence-electron chi connectivity index (χ1n) is 5.37. The molecule has 0 aromatic carbocycles. The van der Waals surface area contributed by atoms with E-state index in [1.165, 1.54) is 25.7 Å². The summed E-state index contributed by atoms with van der Waals surface area (Å²) in [6, 6.07) is 0. The molecule has 0 radical (unpaired) electrons. The smallest absolute Gasteiger partial charge is 0.0462 e. The van der Waals surface area contributed by atoms with Gasteiger partial charge in [-0.25, -0.2) is 0 Å². The Morgan fingerprint density at radius 2 is 2.15 bits per heavy atom. The maximum Gasteiger partial charge on any atom is 0.0462 e. The van der Waals surface area contributed by atoms with E-state index < -0.39 is 0 Å². The van der Waals surface area contributed by atoms with Crippen molar-refractivity contribution >= 4 is 11.6 Å². The molecule has 0 aromatic rings. The summed E-state index contributed by atoms with van der Waals surface area (Å²) in [5.41, 5.74) is 0. The first-order chi connectivity index (χ1) is 6.24. The molecule has 0 aliphatic heterocycles. The van der Waals surface area contributed by atoms with Gasteiger partial charge < -0.3 is 4.74 Å². The highest BCUT2D eigenvalue weighted by Crippen LogP contribution is 2.34. The van der Waals surface area contributed by atoms with E-state index in [1.807, 2.05) is 0 Å². The minimum atomic E-state index is 0.424. The van der Waals surface area contributed by atoms with Gasteiger partial charge >= 0.3 is 0 Å². The largest absolute Gasteiger partial charge is 0.385 e. The predicted molar refractivity (Wildman–Crippen MR) is 57.3 cm³/mol. The van der Waals surface area contributed by atoms with Crippen LogP contribution in [0.3, 0.4) is 0 Å². The topological polar surface area (TPSA) is 9.23 Å². The van der Waals surface area contributed by atoms with Gasteiger partial charge in [0.05, 0.1) is 0 Å². The van der Waals surface area contributed by atoms with E-state index >= 15 is 0 Å². The summed E-state index contributed by atoms with van der Waals surface area (Å²) in [4.78, 5) is 0. The minimum Gasteiger partial charge on any atom is -0.385 e. The molecule has 1 nitrogen and oxygen atoms in total. The van der Waals surface area contributed by atoms with Crippen molar-refractivity contribution in [3.8, 4) is 0 Å². The number of hydrogen-bond acceptors (Lipinski definition) is 1. The average Bonchev–Trinajstić information content (AvgIpc) is 2.11. The molecule has 13 heavy (non-hydrogen) atoms. The third-order valence-electron chi connectivity index (χ3n) is 3.08. The van der Waals surface area contributed by atoms with Crippen LogP contribution in [0.5, 0.6) is 0 Å². The summed E-state index contributed by atoms with van der Waals surface area (Å²) in [7, 11) is 1.77. The van der Waals surface area contributed by atoms with Crippen LogP contribution in [0.25, 0.3) is 0 Å². The Morgan fingerprint density at radius 1 is 1.38 bits per heavy atom. The Balaban J connectivity index is 2.21. The second-order valence-electron chi connectivity index (χ2n) is 4.33. The molecular weight excluding hydrogens is 184 g/mol. The standard InChI is InChI=1S/C11H21ClO/c1-9-5-6-11(12)10(8-9)4-3-7-13-2/h9-11H,3-8H2,1-2H3. The maximum atomic E-state index is 6.29. The normalized spacial score (nSPS) is 34.8. The summed E-state index contributed by atoms with van der Waals surface area (Å²) in [6.07, 6.45) is 6.25. The van der Waals surface area contributed by atoms with Crippen molar-refractivity contribution in [1.29, 1.82) is 0 Å². The van der Waals surface area contributed by atoms with Gasteiger partial charge in [-0.1, -0.05) is 6.92 Å². The number of methoxy groups -OCH3 is 1. The number of alkyl halides is 1. The van der Waals surface area contributed by atoms with Crippen molar-refractivity contribution < 1.29 is 4.74 Å². The number of halogens is 1. The Kier molecular flexibility index (Phi) is 5.12. The van der Waals surface area contributed by atoms with Crippen molar-refractivity contribution in [2.75, 3.05) is 13.7 Å². The molecule has 0 bridgehead atoms. The van der Waals surface area contributed by atoms with Crippen LogP contribution in [0.2, 0.25) is 0 Å². The van der Waals surface area contributed by atoms with Gasteiger partial charge in [-0.3, -0.25) is 0 Å². The zero-order valence-corrected chi connectivity index (χ0v) is 9.52. The van der Waals surface area contributed by atoms with Crippen LogP contribution in [-0.4, -0.2) is 19.1 Å². The molecule has 1 rings (SSSR count). The van der Waals surface area contributed by atoms with Crippen molar-refractivity contribution in [3.63, 3.8) is 0 Å². The fraction of sp³-hybridized carbons (Fsp3) is 1.00. The summed E-state index contributed by atoms with van der Waals surface area (Å²) in [5, 5.41) is 0.424. The van der Waals surface area contributed by atoms with Gasteiger partial charge in [0.1, 0.15) is 0 Å². The Hall–Kier alpha value is 0.250. The number of rotatable bonds is 4. The highest BCUT2D eigenvalue weighted by molar-refractivity contribution is 6.20. The average molecular weight is 205 g/mol. The van der Waals surface area contributed by atoms with E-state index in [2.05, 4.69) is 6.92 Å². The van der Waals surface area contributed by atoms with Gasteiger partial charge in [-0.2, -0.15) is 0 Å². The van der Waals surface area contributed by atoms with Crippen LogP contribution >= 0.6 is 11.6 Å². The molecule has 0 saturated heterocycles. The van der Waals surface area contributed by atoms with Gasteiger partial charge in [-0.05, 0) is 43.9 Å². The maximum absolute atomic E-state index is 6.29. The Morgan fingerprint density at radius 3 is 2.85 bits per heavy atom. The summed E-state index contributed by atoms with van der Waals surface area (Å²) >= 11 is 6.29. The molecule has 1 aliphatic rings. The molecule has 0 N–H and O–H groups in total. The van der Waals surface area contributed by atoms with Crippen LogP contribution in [0, 0.1) is 11.8 Å². The summed E-state index contributed by atoms with van der Waals surface area (Å²) < 4.78 is 5.05. The van der Waals surface area contributed by atoms with E-state index in [4.69, 9.17) is 16.3 Å². The first kappa shape index (κ1) is 11.3. The first-order valence-corrected chi connectivity index (χ1v) is 5.80. The molecule has 3 atom stereocenters. The van der Waals surface area contributed by atoms with Gasteiger partial charge in [0, 0.05) is 19.1 Å². The Bertz CT molecular complexity index is 138. The molecule has 0 amide bonds. The third-order valence-corrected chi connectivity index (χ3v) is 3.65. The lowest BCUT2D eigenvalue weighted by Crippen LogP contribution is -2.24. The third kappa shape index (κ3) is 3.86. The highest BCUT2D eigenvalue weighted by Gasteiger charge is 2.26. The van der Waals surface area contributed by atoms with Gasteiger partial charge in [-0.15, -0.1) is 11.6 Å². The van der Waals surface area contributed by atoms with Crippen LogP contribution in [-0.2, 0) is 4.74 Å². The van der Waals surface area contributed by atoms with Crippen LogP contribution in [0.15, 0.2) is 0 Å². The zero-order chi connectivity index (χ0) is 9.68. The fourth-order valence-corrected chi connectivity index (χ4v) is 2.61. The minimum absolute atomic E-state index is 0.424. The molecule has 1 aliphatic carbocycles. The van der Waals surface area contributed by atoms with Crippen LogP contribution in [0.1, 0.15) is 39.0 Å². The van der Waals surface area contributed by atoms with E-state index in [9.17, 15) is 0 Å². The van der Waals surface area contributed by atoms with Gasteiger partial charge in [0.15, 0.2) is 0 Å². The van der Waals surface area contributed by atoms with Gasteiger partial charge in [0.25, 0.3) is 0 Å². The molecule has 0 spiro atoms. The lowest BCUT2D eigenvalue weighted by Gasteiger charge is -2.31. The molecule has 78 valence electrons. The highest BCUT2D eigenvalue weighted by atomic mass is 35.5. The monoisotopic (exact) mass is 204 g/mol. The van der Waals surface area contributed by atoms with Crippen molar-refractivity contribution in [2.24, 2.45) is 11.8 Å². The number of hydrogen-bond donors (Lipinski definition) is 0. The van der Waals surface area contributed by atoms with Crippen LogP contribution in [0.4, 0.5) is 0 Å². The summed E-state index contributed by atoms with van der Waals surface area (Å²) in [5.74, 6) is 1.61. The zero-order valence-electron chi connectivity index (χ0n) is 8.76. The molecule has 0 aromatic heterocycles. The van der Waals surface area contributed by atoms with Crippen LogP contribution < -0.4 is 0 Å². The van der Waals surface area contributed by atoms with Gasteiger partial charge in [0.2, 0.25) is 0 Å². The molecule has 0 heterocycles. The molecular formula is C11H21ClO. The second-order valence-corrected chi connectivity index (χ2v) is 4.89. The predicted octanol–water partition coefficient (Wildman–Crippen LogP) is 3.46. The van der Waals surface area contributed by atoms with E-state index in [0.29, 0.717) is 5.38 Å². The van der Waals surface area contributed by atoms with E-state index in [1.54, 1.807) is 7.11 Å². The van der Waals surface area contributed by atoms with E-state index in [0.717, 1.165) is 24.9 Å². The molecule has 3 unspecified atom stereocenters. The molecule has 1 fully saturated rings. The lowest BCUT2D eigenvalue weighted by molar-refractivity contribution is 0.177. The van der Waals surface area contributed by atoms with E-state index in [-0.39, 0.29) is 0 Å². The second kappa shape index (κ2) is 5.87. The van der Waals surface area contributed by atoms with Crippen molar-refractivity contribution in [1.82, 2.24) is 0 Å². The molecule has 1 saturated carbocycles. The Labute approximate surface area is 86.8 Å². The summed E-state index contributed by atoms with van der Waals surface area (Å²) in [6.45, 7) is 3.22. The molecule has 2 heteroatoms. The van der Waals surface area contributed by atoms with Crippen molar-refractivity contribution in [2.45, 2.75) is 44.4 Å². The lowest BCUT2D eigenvalue weighted by atomic mass is 9.80. The van der Waals surface area contributed by atoms with Crippen molar-refractivity contribution in [3.05, 3.63) is 0 Å². The quantitative estimate of drug-likeness (QED) is 0.504. The SMILES string of the molecule is COCCCC1CC(C)CCC1Cl.